The summed E-state index contributed by atoms with van der Waals surface area (Å²) in [6, 6.07) is 7.42. The highest BCUT2D eigenvalue weighted by atomic mass is 16.5. The lowest BCUT2D eigenvalue weighted by Gasteiger charge is -2.13. The van der Waals surface area contributed by atoms with Crippen molar-refractivity contribution in [1.29, 1.82) is 0 Å². The zero-order valence-corrected chi connectivity index (χ0v) is 13.1. The van der Waals surface area contributed by atoms with Gasteiger partial charge in [0.05, 0.1) is 5.92 Å². The molecule has 2 amide bonds. The molecular weight excluding hydrogens is 282 g/mol. The van der Waals surface area contributed by atoms with Crippen molar-refractivity contribution in [3.8, 4) is 5.75 Å². The van der Waals surface area contributed by atoms with E-state index in [0.717, 1.165) is 25.1 Å². The first-order valence-electron chi connectivity index (χ1n) is 7.46. The fourth-order valence-electron chi connectivity index (χ4n) is 2.23. The summed E-state index contributed by atoms with van der Waals surface area (Å²) < 4.78 is 5.46. The molecule has 2 rings (SSSR count). The second-order valence-electron chi connectivity index (χ2n) is 5.63. The molecule has 22 heavy (non-hydrogen) atoms. The van der Waals surface area contributed by atoms with Gasteiger partial charge in [-0.15, -0.1) is 0 Å². The summed E-state index contributed by atoms with van der Waals surface area (Å²) in [4.78, 5) is 24.9. The molecule has 0 aliphatic carbocycles. The standard InChI is InChI=1S/C16H23N3O3/c1-19(2)15(20)11-22-14-5-3-4-12(8-14)9-18-16(21)13-6-7-17-10-13/h3-5,8,13,17H,6-7,9-11H2,1-2H3,(H,18,21). The van der Waals surface area contributed by atoms with Crippen molar-refractivity contribution in [2.24, 2.45) is 5.92 Å². The molecule has 1 aromatic carbocycles. The maximum atomic E-state index is 12.0. The Hall–Kier alpha value is -2.08. The first-order valence-corrected chi connectivity index (χ1v) is 7.46. The second kappa shape index (κ2) is 7.79. The van der Waals surface area contributed by atoms with E-state index in [2.05, 4.69) is 10.6 Å². The monoisotopic (exact) mass is 305 g/mol. The predicted molar refractivity (Wildman–Crippen MR) is 83.5 cm³/mol. The van der Waals surface area contributed by atoms with Gasteiger partial charge in [-0.3, -0.25) is 9.59 Å². The van der Waals surface area contributed by atoms with Crippen molar-refractivity contribution in [3.05, 3.63) is 29.8 Å². The molecule has 1 unspecified atom stereocenters. The lowest BCUT2D eigenvalue weighted by atomic mass is 10.1. The number of carbonyl (C=O) groups excluding carboxylic acids is 2. The van der Waals surface area contributed by atoms with Gasteiger partial charge < -0.3 is 20.3 Å². The summed E-state index contributed by atoms with van der Waals surface area (Å²) in [7, 11) is 3.38. The van der Waals surface area contributed by atoms with Crippen LogP contribution in [0.3, 0.4) is 0 Å². The number of nitrogens with zero attached hydrogens (tertiary/aromatic N) is 1. The number of hydrogen-bond acceptors (Lipinski definition) is 4. The summed E-state index contributed by atoms with van der Waals surface area (Å²) >= 11 is 0. The van der Waals surface area contributed by atoms with Gasteiger partial charge in [-0.2, -0.15) is 0 Å². The van der Waals surface area contributed by atoms with Crippen LogP contribution in [0.5, 0.6) is 5.75 Å². The Morgan fingerprint density at radius 2 is 2.23 bits per heavy atom. The van der Waals surface area contributed by atoms with Gasteiger partial charge in [0.15, 0.2) is 6.61 Å². The van der Waals surface area contributed by atoms with Crippen molar-refractivity contribution in [2.45, 2.75) is 13.0 Å². The first kappa shape index (κ1) is 16.3. The zero-order valence-electron chi connectivity index (χ0n) is 13.1. The molecule has 1 aromatic rings. The van der Waals surface area contributed by atoms with Crippen LogP contribution in [0.1, 0.15) is 12.0 Å². The van der Waals surface area contributed by atoms with E-state index in [1.54, 1.807) is 20.2 Å². The Bertz CT molecular complexity index is 525. The maximum Gasteiger partial charge on any atom is 0.259 e. The van der Waals surface area contributed by atoms with Gasteiger partial charge in [-0.25, -0.2) is 0 Å². The van der Waals surface area contributed by atoms with Crippen LogP contribution in [-0.2, 0) is 16.1 Å². The number of hydrogen-bond donors (Lipinski definition) is 2. The normalized spacial score (nSPS) is 17.1. The molecule has 1 aliphatic heterocycles. The van der Waals surface area contributed by atoms with E-state index in [4.69, 9.17) is 4.74 Å². The highest BCUT2D eigenvalue weighted by Crippen LogP contribution is 2.14. The van der Waals surface area contributed by atoms with Crippen LogP contribution in [0.4, 0.5) is 0 Å². The number of amides is 2. The average Bonchev–Trinajstić information content (AvgIpc) is 3.05. The summed E-state index contributed by atoms with van der Waals surface area (Å²) in [6.45, 7) is 2.13. The summed E-state index contributed by atoms with van der Waals surface area (Å²) in [5.74, 6) is 0.688. The van der Waals surface area contributed by atoms with Crippen molar-refractivity contribution < 1.29 is 14.3 Å². The number of ether oxygens (including phenoxy) is 1. The van der Waals surface area contributed by atoms with E-state index < -0.39 is 0 Å². The van der Waals surface area contributed by atoms with E-state index in [1.807, 2.05) is 18.2 Å². The highest BCUT2D eigenvalue weighted by molar-refractivity contribution is 5.79. The van der Waals surface area contributed by atoms with Gasteiger partial charge >= 0.3 is 0 Å². The van der Waals surface area contributed by atoms with Crippen LogP contribution in [0, 0.1) is 5.92 Å². The highest BCUT2D eigenvalue weighted by Gasteiger charge is 2.21. The largest absolute Gasteiger partial charge is 0.484 e. The molecule has 0 spiro atoms. The Morgan fingerprint density at radius 3 is 2.91 bits per heavy atom. The van der Waals surface area contributed by atoms with Crippen LogP contribution in [-0.4, -0.2) is 50.5 Å². The minimum absolute atomic E-state index is 0.0105. The Morgan fingerprint density at radius 1 is 1.41 bits per heavy atom. The molecule has 1 fully saturated rings. The van der Waals surface area contributed by atoms with Crippen molar-refractivity contribution in [2.75, 3.05) is 33.8 Å². The molecule has 120 valence electrons. The predicted octanol–water partition coefficient (Wildman–Crippen LogP) is 0.379. The van der Waals surface area contributed by atoms with Crippen LogP contribution < -0.4 is 15.4 Å². The quantitative estimate of drug-likeness (QED) is 0.797. The van der Waals surface area contributed by atoms with Crippen LogP contribution >= 0.6 is 0 Å². The molecule has 2 N–H and O–H groups in total. The molecule has 1 atom stereocenters. The number of nitrogens with one attached hydrogen (secondary N) is 2. The average molecular weight is 305 g/mol. The smallest absolute Gasteiger partial charge is 0.259 e. The van der Waals surface area contributed by atoms with Crippen molar-refractivity contribution >= 4 is 11.8 Å². The molecule has 1 heterocycles. The SMILES string of the molecule is CN(C)C(=O)COc1cccc(CNC(=O)C2CCNC2)c1. The van der Waals surface area contributed by atoms with Crippen molar-refractivity contribution in [1.82, 2.24) is 15.5 Å². The van der Waals surface area contributed by atoms with Crippen molar-refractivity contribution in [3.63, 3.8) is 0 Å². The summed E-state index contributed by atoms with van der Waals surface area (Å²) in [6.07, 6.45) is 0.891. The van der Waals surface area contributed by atoms with Gasteiger partial charge in [-0.1, -0.05) is 12.1 Å². The minimum Gasteiger partial charge on any atom is -0.484 e. The molecule has 0 bridgehead atoms. The number of likely N-dealkylation sites (N-methyl/N-ethyl adjacent to an activating group) is 1. The molecule has 0 radical (unpaired) electrons. The van der Waals surface area contributed by atoms with Gasteiger partial charge in [0, 0.05) is 27.2 Å². The number of benzene rings is 1. The second-order valence-corrected chi connectivity index (χ2v) is 5.63. The fraction of sp³-hybridized carbons (Fsp3) is 0.500. The third kappa shape index (κ3) is 4.73. The molecule has 0 saturated carbocycles. The lowest BCUT2D eigenvalue weighted by molar-refractivity contribution is -0.130. The molecule has 1 aliphatic rings. The van der Waals surface area contributed by atoms with E-state index in [-0.39, 0.29) is 24.3 Å². The van der Waals surface area contributed by atoms with Crippen LogP contribution in [0.25, 0.3) is 0 Å². The first-order chi connectivity index (χ1) is 10.6. The molecule has 1 saturated heterocycles. The Kier molecular flexibility index (Phi) is 5.77. The topological polar surface area (TPSA) is 70.7 Å². The van der Waals surface area contributed by atoms with Gasteiger partial charge in [0.25, 0.3) is 5.91 Å². The lowest BCUT2D eigenvalue weighted by Crippen LogP contribution is -2.31. The summed E-state index contributed by atoms with van der Waals surface area (Å²) in [5, 5.41) is 6.12. The summed E-state index contributed by atoms with van der Waals surface area (Å²) in [5.41, 5.74) is 0.953. The van der Waals surface area contributed by atoms with E-state index in [0.29, 0.717) is 12.3 Å². The van der Waals surface area contributed by atoms with Crippen LogP contribution in [0.2, 0.25) is 0 Å². The van der Waals surface area contributed by atoms with E-state index in [1.165, 1.54) is 4.90 Å². The minimum atomic E-state index is -0.0903. The molecule has 0 aromatic heterocycles. The maximum absolute atomic E-state index is 12.0. The van der Waals surface area contributed by atoms with E-state index in [9.17, 15) is 9.59 Å². The Balaban J connectivity index is 1.83. The zero-order chi connectivity index (χ0) is 15.9. The van der Waals surface area contributed by atoms with E-state index >= 15 is 0 Å². The third-order valence-corrected chi connectivity index (χ3v) is 3.66. The van der Waals surface area contributed by atoms with Gasteiger partial charge in [0.2, 0.25) is 5.91 Å². The molecule has 6 nitrogen and oxygen atoms in total. The number of rotatable bonds is 6. The van der Waals surface area contributed by atoms with Crippen LogP contribution in [0.15, 0.2) is 24.3 Å². The molecule has 6 heteroatoms. The third-order valence-electron chi connectivity index (χ3n) is 3.66. The van der Waals surface area contributed by atoms with Gasteiger partial charge in [-0.05, 0) is 30.7 Å². The fourth-order valence-corrected chi connectivity index (χ4v) is 2.23. The van der Waals surface area contributed by atoms with Gasteiger partial charge in [0.1, 0.15) is 5.75 Å². The Labute approximate surface area is 130 Å². The number of carbonyl (C=O) groups is 2. The molecular formula is C16H23N3O3.